The second-order valence-electron chi connectivity index (χ2n) is 6.19. The summed E-state index contributed by atoms with van der Waals surface area (Å²) in [4.78, 5) is 30.1. The number of amides is 2. The second-order valence-corrected chi connectivity index (χ2v) is 7.22. The van der Waals surface area contributed by atoms with Crippen LogP contribution in [0.25, 0.3) is 10.2 Å². The van der Waals surface area contributed by atoms with Crippen LogP contribution in [0.15, 0.2) is 29.4 Å². The molecule has 1 aliphatic heterocycles. The Morgan fingerprint density at radius 3 is 2.78 bits per heavy atom. The van der Waals surface area contributed by atoms with Crippen LogP contribution in [0.2, 0.25) is 0 Å². The van der Waals surface area contributed by atoms with Gasteiger partial charge in [-0.3, -0.25) is 4.79 Å². The molecule has 0 radical (unpaired) electrons. The molecular formula is C18H23N5O3S. The van der Waals surface area contributed by atoms with Crippen LogP contribution in [-0.2, 0) is 9.53 Å². The Labute approximate surface area is 161 Å². The zero-order chi connectivity index (χ0) is 19.2. The average Bonchev–Trinajstić information content (AvgIpc) is 3.08. The van der Waals surface area contributed by atoms with Gasteiger partial charge in [-0.2, -0.15) is 5.10 Å². The van der Waals surface area contributed by atoms with E-state index in [1.165, 1.54) is 11.3 Å². The summed E-state index contributed by atoms with van der Waals surface area (Å²) in [5.74, 6) is -0.227. The predicted octanol–water partition coefficient (Wildman–Crippen LogP) is 2.82. The van der Waals surface area contributed by atoms with Gasteiger partial charge >= 0.3 is 6.09 Å². The molecule has 0 aliphatic carbocycles. The van der Waals surface area contributed by atoms with Crippen LogP contribution in [0, 0.1) is 0 Å². The maximum Gasteiger partial charge on any atom is 0.409 e. The summed E-state index contributed by atoms with van der Waals surface area (Å²) in [6.45, 7) is 5.02. The van der Waals surface area contributed by atoms with Crippen LogP contribution < -0.4 is 10.7 Å². The first-order chi connectivity index (χ1) is 13.1. The van der Waals surface area contributed by atoms with E-state index >= 15 is 0 Å². The van der Waals surface area contributed by atoms with E-state index in [0.29, 0.717) is 37.7 Å². The molecule has 1 saturated heterocycles. The molecule has 2 heterocycles. The number of carbonyl (C=O) groups excluding carboxylic acids is 2. The Hall–Kier alpha value is -2.68. The van der Waals surface area contributed by atoms with Crippen molar-refractivity contribution < 1.29 is 14.3 Å². The molecule has 9 heteroatoms. The van der Waals surface area contributed by atoms with Crippen molar-refractivity contribution in [1.82, 2.24) is 15.3 Å². The smallest absolute Gasteiger partial charge is 0.409 e. The molecule has 1 aromatic heterocycles. The topological polar surface area (TPSA) is 95.9 Å². The van der Waals surface area contributed by atoms with Crippen molar-refractivity contribution in [2.75, 3.05) is 25.0 Å². The molecule has 0 unspecified atom stereocenters. The number of likely N-dealkylation sites (tertiary alicyclic amines) is 1. The van der Waals surface area contributed by atoms with Gasteiger partial charge in [0.2, 0.25) is 0 Å². The van der Waals surface area contributed by atoms with Gasteiger partial charge in [-0.1, -0.05) is 23.5 Å². The number of hydrogen-bond donors (Lipinski definition) is 2. The summed E-state index contributed by atoms with van der Waals surface area (Å²) >= 11 is 1.51. The first-order valence-corrected chi connectivity index (χ1v) is 9.77. The Balaban J connectivity index is 1.48. The minimum absolute atomic E-state index is 0.227. The number of fused-ring (bicyclic) bond motifs is 1. The number of hydrazone groups is 1. The van der Waals surface area contributed by atoms with Crippen LogP contribution >= 0.6 is 11.3 Å². The van der Waals surface area contributed by atoms with Crippen molar-refractivity contribution in [3.8, 4) is 0 Å². The number of piperidine rings is 1. The highest BCUT2D eigenvalue weighted by atomic mass is 32.1. The Bertz CT molecular complexity index is 807. The third kappa shape index (κ3) is 4.94. The number of benzene rings is 1. The molecule has 144 valence electrons. The molecule has 0 saturated carbocycles. The fraction of sp³-hybridized carbons (Fsp3) is 0.444. The normalized spacial score (nSPS) is 15.3. The first kappa shape index (κ1) is 19.1. The molecule has 1 aliphatic rings. The molecule has 3 rings (SSSR count). The van der Waals surface area contributed by atoms with Gasteiger partial charge in [0.15, 0.2) is 5.13 Å². The van der Waals surface area contributed by atoms with Gasteiger partial charge in [0, 0.05) is 31.6 Å². The molecule has 8 nitrogen and oxygen atoms in total. The quantitative estimate of drug-likeness (QED) is 0.767. The van der Waals surface area contributed by atoms with E-state index < -0.39 is 6.04 Å². The number of anilines is 1. The number of nitrogens with one attached hydrogen (secondary N) is 2. The molecule has 2 N–H and O–H groups in total. The molecule has 1 atom stereocenters. The number of thiazole rings is 1. The maximum atomic E-state index is 12.3. The number of ether oxygens (including phenoxy) is 1. The summed E-state index contributed by atoms with van der Waals surface area (Å²) in [6.07, 6.45) is 0.951. The van der Waals surface area contributed by atoms with Gasteiger partial charge in [-0.15, -0.1) is 0 Å². The summed E-state index contributed by atoms with van der Waals surface area (Å²) in [5.41, 5.74) is 4.38. The SMILES string of the molecule is CCOC(=O)N1CCC(=NNC(=O)[C@@H](C)Nc2nc3ccccc3s2)CC1. The van der Waals surface area contributed by atoms with Crippen molar-refractivity contribution in [1.29, 1.82) is 0 Å². The molecular weight excluding hydrogens is 366 g/mol. The molecule has 1 aromatic carbocycles. The number of rotatable bonds is 5. The third-order valence-electron chi connectivity index (χ3n) is 4.22. The minimum Gasteiger partial charge on any atom is -0.450 e. The average molecular weight is 389 g/mol. The van der Waals surface area contributed by atoms with Crippen LogP contribution in [0.4, 0.5) is 9.93 Å². The van der Waals surface area contributed by atoms with E-state index in [9.17, 15) is 9.59 Å². The summed E-state index contributed by atoms with van der Waals surface area (Å²) in [6, 6.07) is 7.37. The number of aromatic nitrogens is 1. The molecule has 2 amide bonds. The fourth-order valence-corrected chi connectivity index (χ4v) is 3.64. The lowest BCUT2D eigenvalue weighted by Crippen LogP contribution is -2.40. The van der Waals surface area contributed by atoms with Gasteiger partial charge in [-0.05, 0) is 26.0 Å². The highest BCUT2D eigenvalue weighted by Crippen LogP contribution is 2.25. The molecule has 0 spiro atoms. The molecule has 1 fully saturated rings. The van der Waals surface area contributed by atoms with Gasteiger partial charge < -0.3 is 15.0 Å². The standard InChI is InChI=1S/C18H23N5O3S/c1-3-26-18(25)23-10-8-13(9-11-23)21-22-16(24)12(2)19-17-20-14-6-4-5-7-15(14)27-17/h4-7,12H,3,8-11H2,1-2H3,(H,19,20)(H,22,24)/t12-/m1/s1. The van der Waals surface area contributed by atoms with Gasteiger partial charge in [0.1, 0.15) is 6.04 Å². The molecule has 0 bridgehead atoms. The predicted molar refractivity (Wildman–Crippen MR) is 106 cm³/mol. The van der Waals surface area contributed by atoms with Crippen molar-refractivity contribution in [2.45, 2.75) is 32.7 Å². The van der Waals surface area contributed by atoms with Crippen molar-refractivity contribution in [3.05, 3.63) is 24.3 Å². The zero-order valence-electron chi connectivity index (χ0n) is 15.4. The fourth-order valence-electron chi connectivity index (χ4n) is 2.69. The molecule has 2 aromatic rings. The van der Waals surface area contributed by atoms with Gasteiger partial charge in [-0.25, -0.2) is 15.2 Å². The monoisotopic (exact) mass is 389 g/mol. The Morgan fingerprint density at radius 1 is 1.33 bits per heavy atom. The number of hydrogen-bond acceptors (Lipinski definition) is 7. The Kier molecular flexibility index (Phi) is 6.23. The van der Waals surface area contributed by atoms with Crippen molar-refractivity contribution in [3.63, 3.8) is 0 Å². The highest BCUT2D eigenvalue weighted by molar-refractivity contribution is 7.22. The Morgan fingerprint density at radius 2 is 2.07 bits per heavy atom. The van der Waals surface area contributed by atoms with Crippen LogP contribution in [0.1, 0.15) is 26.7 Å². The zero-order valence-corrected chi connectivity index (χ0v) is 16.2. The highest BCUT2D eigenvalue weighted by Gasteiger charge is 2.21. The van der Waals surface area contributed by atoms with E-state index in [2.05, 4.69) is 20.8 Å². The largest absolute Gasteiger partial charge is 0.450 e. The minimum atomic E-state index is -0.463. The number of nitrogens with zero attached hydrogens (tertiary/aromatic N) is 3. The van der Waals surface area contributed by atoms with E-state index in [4.69, 9.17) is 4.74 Å². The molecule has 27 heavy (non-hydrogen) atoms. The second kappa shape index (κ2) is 8.81. The summed E-state index contributed by atoms with van der Waals surface area (Å²) in [5, 5.41) is 8.02. The lowest BCUT2D eigenvalue weighted by Gasteiger charge is -2.26. The third-order valence-corrected chi connectivity index (χ3v) is 5.19. The van der Waals surface area contributed by atoms with E-state index in [0.717, 1.165) is 15.9 Å². The van der Waals surface area contributed by atoms with Crippen molar-refractivity contribution >= 4 is 44.4 Å². The summed E-state index contributed by atoms with van der Waals surface area (Å²) < 4.78 is 6.06. The van der Waals surface area contributed by atoms with Crippen molar-refractivity contribution in [2.24, 2.45) is 5.10 Å². The van der Waals surface area contributed by atoms with E-state index in [-0.39, 0.29) is 12.0 Å². The maximum absolute atomic E-state index is 12.3. The number of carbonyl (C=O) groups is 2. The van der Waals surface area contributed by atoms with Crippen LogP contribution in [-0.4, -0.2) is 53.3 Å². The van der Waals surface area contributed by atoms with E-state index in [1.807, 2.05) is 24.3 Å². The first-order valence-electron chi connectivity index (χ1n) is 8.96. The summed E-state index contributed by atoms with van der Waals surface area (Å²) in [7, 11) is 0. The lowest BCUT2D eigenvalue weighted by atomic mass is 10.1. The van der Waals surface area contributed by atoms with Gasteiger partial charge in [0.25, 0.3) is 5.91 Å². The van der Waals surface area contributed by atoms with Crippen LogP contribution in [0.3, 0.4) is 0 Å². The lowest BCUT2D eigenvalue weighted by molar-refractivity contribution is -0.121. The number of para-hydroxylation sites is 1. The van der Waals surface area contributed by atoms with Gasteiger partial charge in [0.05, 0.1) is 16.8 Å². The van der Waals surface area contributed by atoms with Crippen LogP contribution in [0.5, 0.6) is 0 Å². The van der Waals surface area contributed by atoms with E-state index in [1.54, 1.807) is 18.7 Å².